The van der Waals surface area contributed by atoms with Crippen molar-refractivity contribution in [2.24, 2.45) is 0 Å². The number of aryl methyl sites for hydroxylation is 1. The molecule has 3 heterocycles. The lowest BCUT2D eigenvalue weighted by Gasteiger charge is -2.37. The first kappa shape index (κ1) is 20.3. The predicted octanol–water partition coefficient (Wildman–Crippen LogP) is 3.95. The van der Waals surface area contributed by atoms with Crippen molar-refractivity contribution in [2.45, 2.75) is 38.8 Å². The van der Waals surface area contributed by atoms with Gasteiger partial charge in [-0.05, 0) is 55.8 Å². The lowest BCUT2D eigenvalue weighted by atomic mass is 9.83. The lowest BCUT2D eigenvalue weighted by molar-refractivity contribution is -0.143. The second-order valence-electron chi connectivity index (χ2n) is 7.39. The molecular formula is C22H22FN3O3S. The van der Waals surface area contributed by atoms with Crippen molar-refractivity contribution in [3.63, 3.8) is 0 Å². The molecule has 3 aromatic rings. The first-order valence-corrected chi connectivity index (χ1v) is 10.7. The quantitative estimate of drug-likeness (QED) is 0.624. The molecule has 156 valence electrons. The summed E-state index contributed by atoms with van der Waals surface area (Å²) in [5, 5.41) is 5.23. The van der Waals surface area contributed by atoms with Crippen molar-refractivity contribution >= 4 is 23.0 Å². The highest BCUT2D eigenvalue weighted by Gasteiger charge is 2.34. The first-order valence-electron chi connectivity index (χ1n) is 9.78. The van der Waals surface area contributed by atoms with E-state index in [0.717, 1.165) is 10.4 Å². The van der Waals surface area contributed by atoms with Gasteiger partial charge in [-0.15, -0.1) is 11.3 Å². The van der Waals surface area contributed by atoms with Crippen LogP contribution in [0.5, 0.6) is 0 Å². The Kier molecular flexibility index (Phi) is 5.42. The molecular weight excluding hydrogens is 405 g/mol. The Bertz CT molecular complexity index is 1130. The molecule has 0 aliphatic carbocycles. The van der Waals surface area contributed by atoms with E-state index in [0.29, 0.717) is 30.0 Å². The van der Waals surface area contributed by atoms with E-state index >= 15 is 0 Å². The van der Waals surface area contributed by atoms with Gasteiger partial charge in [0.1, 0.15) is 18.0 Å². The molecule has 1 aliphatic heterocycles. The van der Waals surface area contributed by atoms with E-state index in [1.165, 1.54) is 28.0 Å². The summed E-state index contributed by atoms with van der Waals surface area (Å²) >= 11 is 1.46. The Labute approximate surface area is 177 Å². The number of aromatic nitrogens is 2. The Morgan fingerprint density at radius 1 is 1.33 bits per heavy atom. The normalized spacial score (nSPS) is 17.8. The van der Waals surface area contributed by atoms with Crippen LogP contribution in [-0.4, -0.2) is 22.1 Å². The molecule has 1 N–H and O–H groups in total. The number of nitrogens with one attached hydrogen (secondary N) is 1. The summed E-state index contributed by atoms with van der Waals surface area (Å²) in [7, 11) is 0. The molecule has 0 fully saturated rings. The van der Waals surface area contributed by atoms with Crippen molar-refractivity contribution in [1.82, 2.24) is 9.55 Å². The zero-order valence-corrected chi connectivity index (χ0v) is 17.6. The second kappa shape index (κ2) is 8.02. The maximum absolute atomic E-state index is 13.4. The van der Waals surface area contributed by atoms with Gasteiger partial charge in [-0.3, -0.25) is 14.2 Å². The van der Waals surface area contributed by atoms with Gasteiger partial charge in [-0.1, -0.05) is 18.2 Å². The number of nitrogens with zero attached hydrogens (tertiary/aromatic N) is 2. The van der Waals surface area contributed by atoms with Crippen molar-refractivity contribution in [3.8, 4) is 10.7 Å². The SMILES string of the molecule is CCOC(=O)Cn1c(-c2cccs2)nc2c(c1=O)N[C@@](C)(c1ccc(F)cc1)CC2. The maximum atomic E-state index is 13.4. The van der Waals surface area contributed by atoms with Crippen LogP contribution in [0.4, 0.5) is 10.1 Å². The highest BCUT2D eigenvalue weighted by molar-refractivity contribution is 7.13. The third-order valence-electron chi connectivity index (χ3n) is 5.32. The van der Waals surface area contributed by atoms with Crippen LogP contribution in [0.15, 0.2) is 46.6 Å². The van der Waals surface area contributed by atoms with Crippen LogP contribution in [0.1, 0.15) is 31.5 Å². The number of hydrogen-bond acceptors (Lipinski definition) is 6. The highest BCUT2D eigenvalue weighted by atomic mass is 32.1. The molecule has 6 nitrogen and oxygen atoms in total. The van der Waals surface area contributed by atoms with E-state index in [1.807, 2.05) is 24.4 Å². The molecule has 1 atom stereocenters. The van der Waals surface area contributed by atoms with Crippen LogP contribution in [0, 0.1) is 5.82 Å². The minimum atomic E-state index is -0.548. The van der Waals surface area contributed by atoms with Crippen LogP contribution in [0.2, 0.25) is 0 Å². The fraction of sp³-hybridized carbons (Fsp3) is 0.318. The van der Waals surface area contributed by atoms with E-state index in [2.05, 4.69) is 5.32 Å². The number of carbonyl (C=O) groups excluding carboxylic acids is 1. The number of ether oxygens (including phenoxy) is 1. The van der Waals surface area contributed by atoms with Crippen molar-refractivity contribution in [1.29, 1.82) is 0 Å². The zero-order chi connectivity index (χ0) is 21.3. The Morgan fingerprint density at radius 3 is 2.77 bits per heavy atom. The molecule has 0 amide bonds. The molecule has 1 aromatic carbocycles. The monoisotopic (exact) mass is 427 g/mol. The van der Waals surface area contributed by atoms with E-state index < -0.39 is 11.5 Å². The summed E-state index contributed by atoms with van der Waals surface area (Å²) in [6.45, 7) is 3.73. The van der Waals surface area contributed by atoms with Gasteiger partial charge in [0.05, 0.1) is 22.7 Å². The standard InChI is InChI=1S/C22H22FN3O3S/c1-3-29-18(27)13-26-20(17-5-4-12-30-17)24-16-10-11-22(2,25-19(16)21(26)28)14-6-8-15(23)9-7-14/h4-9,12,25H,3,10-11,13H2,1-2H3/t22-/m1/s1. The molecule has 0 radical (unpaired) electrons. The van der Waals surface area contributed by atoms with Gasteiger partial charge in [0.25, 0.3) is 5.56 Å². The molecule has 0 spiro atoms. The number of fused-ring (bicyclic) bond motifs is 1. The number of halogens is 1. The van der Waals surface area contributed by atoms with E-state index in [1.54, 1.807) is 19.1 Å². The van der Waals surface area contributed by atoms with Crippen LogP contribution in [0.25, 0.3) is 10.7 Å². The largest absolute Gasteiger partial charge is 0.465 e. The third-order valence-corrected chi connectivity index (χ3v) is 6.19. The van der Waals surface area contributed by atoms with Gasteiger partial charge in [-0.25, -0.2) is 9.37 Å². The van der Waals surface area contributed by atoms with Crippen LogP contribution in [0.3, 0.4) is 0 Å². The van der Waals surface area contributed by atoms with E-state index in [-0.39, 0.29) is 24.5 Å². The molecule has 0 bridgehead atoms. The Hall–Kier alpha value is -3.00. The fourth-order valence-corrected chi connectivity index (χ4v) is 4.44. The molecule has 0 saturated carbocycles. The summed E-state index contributed by atoms with van der Waals surface area (Å²) in [6, 6.07) is 10.0. The number of thiophene rings is 1. The number of hydrogen-bond donors (Lipinski definition) is 1. The predicted molar refractivity (Wildman–Crippen MR) is 114 cm³/mol. The second-order valence-corrected chi connectivity index (χ2v) is 8.34. The minimum absolute atomic E-state index is 0.213. The van der Waals surface area contributed by atoms with Crippen LogP contribution < -0.4 is 10.9 Å². The smallest absolute Gasteiger partial charge is 0.326 e. The van der Waals surface area contributed by atoms with Gasteiger partial charge < -0.3 is 10.1 Å². The number of carbonyl (C=O) groups is 1. The molecule has 8 heteroatoms. The minimum Gasteiger partial charge on any atom is -0.465 e. The van der Waals surface area contributed by atoms with Gasteiger partial charge in [0.15, 0.2) is 5.82 Å². The summed E-state index contributed by atoms with van der Waals surface area (Å²) in [5.41, 5.74) is 1.06. The van der Waals surface area contributed by atoms with Crippen LogP contribution in [-0.2, 0) is 28.0 Å². The van der Waals surface area contributed by atoms with Gasteiger partial charge in [0, 0.05) is 0 Å². The topological polar surface area (TPSA) is 73.2 Å². The van der Waals surface area contributed by atoms with Crippen molar-refractivity contribution in [2.75, 3.05) is 11.9 Å². The summed E-state index contributed by atoms with van der Waals surface area (Å²) in [4.78, 5) is 31.2. The Morgan fingerprint density at radius 2 is 2.10 bits per heavy atom. The summed E-state index contributed by atoms with van der Waals surface area (Å²) in [6.07, 6.45) is 1.29. The molecule has 2 aromatic heterocycles. The van der Waals surface area contributed by atoms with Crippen molar-refractivity contribution in [3.05, 3.63) is 69.2 Å². The average molecular weight is 428 g/mol. The highest BCUT2D eigenvalue weighted by Crippen LogP contribution is 2.36. The summed E-state index contributed by atoms with van der Waals surface area (Å²) in [5.74, 6) is -0.331. The number of anilines is 1. The number of esters is 1. The average Bonchev–Trinajstić information content (AvgIpc) is 3.26. The van der Waals surface area contributed by atoms with Crippen LogP contribution >= 0.6 is 11.3 Å². The van der Waals surface area contributed by atoms with Gasteiger partial charge in [-0.2, -0.15) is 0 Å². The van der Waals surface area contributed by atoms with E-state index in [4.69, 9.17) is 9.72 Å². The molecule has 4 rings (SSSR count). The van der Waals surface area contributed by atoms with Gasteiger partial charge >= 0.3 is 5.97 Å². The molecule has 0 saturated heterocycles. The number of rotatable bonds is 5. The number of benzene rings is 1. The third kappa shape index (κ3) is 3.75. The van der Waals surface area contributed by atoms with Gasteiger partial charge in [0.2, 0.25) is 0 Å². The Balaban J connectivity index is 1.79. The summed E-state index contributed by atoms with van der Waals surface area (Å²) < 4.78 is 19.8. The lowest BCUT2D eigenvalue weighted by Crippen LogP contribution is -2.41. The molecule has 0 unspecified atom stereocenters. The van der Waals surface area contributed by atoms with E-state index in [9.17, 15) is 14.0 Å². The zero-order valence-electron chi connectivity index (χ0n) is 16.8. The fourth-order valence-electron chi connectivity index (χ4n) is 3.72. The first-order chi connectivity index (χ1) is 14.4. The maximum Gasteiger partial charge on any atom is 0.326 e. The molecule has 30 heavy (non-hydrogen) atoms. The molecule has 1 aliphatic rings. The van der Waals surface area contributed by atoms with Crippen molar-refractivity contribution < 1.29 is 13.9 Å².